The topological polar surface area (TPSA) is 54.4 Å². The highest BCUT2D eigenvalue weighted by Gasteiger charge is 2.48. The Morgan fingerprint density at radius 2 is 1.54 bits per heavy atom. The summed E-state index contributed by atoms with van der Waals surface area (Å²) in [6.45, 7) is 11.4. The van der Waals surface area contributed by atoms with Gasteiger partial charge in [-0.1, -0.05) is 77.1 Å². The molecule has 0 saturated carbocycles. The zero-order chi connectivity index (χ0) is 20.9. The Balaban J connectivity index is 1.86. The first-order valence-electron chi connectivity index (χ1n) is 9.66. The molecule has 1 aliphatic rings. The summed E-state index contributed by atoms with van der Waals surface area (Å²) in [5.74, 6) is 0.506. The van der Waals surface area contributed by atoms with E-state index in [-0.39, 0.29) is 10.8 Å². The molecule has 1 aliphatic carbocycles. The quantitative estimate of drug-likeness (QED) is 0.785. The van der Waals surface area contributed by atoms with E-state index in [4.69, 9.17) is 0 Å². The Labute approximate surface area is 169 Å². The number of aliphatic hydroxyl groups excluding tert-OH is 1. The zero-order valence-electron chi connectivity index (χ0n) is 17.5. The predicted octanol–water partition coefficient (Wildman–Crippen LogP) is 5.04. The molecule has 0 spiro atoms. The van der Waals surface area contributed by atoms with Gasteiger partial charge in [0.1, 0.15) is 0 Å². The fraction of sp³-hybridized carbons (Fsp3) is 0.417. The van der Waals surface area contributed by atoms with Gasteiger partial charge in [-0.25, -0.2) is 8.42 Å². The number of benzene rings is 2. The maximum Gasteiger partial charge on any atom is 0.175 e. The Hall–Kier alpha value is -1.91. The molecule has 2 aromatic rings. The summed E-state index contributed by atoms with van der Waals surface area (Å²) >= 11 is 0. The maximum absolute atomic E-state index is 11.6. The van der Waals surface area contributed by atoms with Crippen molar-refractivity contribution < 1.29 is 13.5 Å². The molecule has 150 valence electrons. The third kappa shape index (κ3) is 3.56. The summed E-state index contributed by atoms with van der Waals surface area (Å²) < 4.78 is 23.1. The lowest BCUT2D eigenvalue weighted by Gasteiger charge is -2.32. The molecular formula is C24H30O3S. The van der Waals surface area contributed by atoms with Crippen LogP contribution in [0, 0.1) is 5.92 Å². The molecule has 4 heteroatoms. The molecule has 0 amide bonds. The van der Waals surface area contributed by atoms with Crippen molar-refractivity contribution in [3.05, 3.63) is 70.8 Å². The number of sulfone groups is 1. The molecule has 3 rings (SSSR count). The fourth-order valence-electron chi connectivity index (χ4n) is 4.35. The minimum Gasteiger partial charge on any atom is -0.384 e. The van der Waals surface area contributed by atoms with Crippen LogP contribution in [0.25, 0.3) is 6.08 Å². The van der Waals surface area contributed by atoms with Gasteiger partial charge in [0.05, 0.1) is 11.0 Å². The third-order valence-electron chi connectivity index (χ3n) is 6.72. The van der Waals surface area contributed by atoms with Crippen LogP contribution in [0.3, 0.4) is 0 Å². The van der Waals surface area contributed by atoms with Crippen LogP contribution in [0.1, 0.15) is 63.0 Å². The SMILES string of the molecule is CC1C(C)(C)c2ccc(C(O)/C=C/c3ccc(S(C)(=O)=O)cc3)cc2C1(C)C. The first-order chi connectivity index (χ1) is 12.8. The van der Waals surface area contributed by atoms with Crippen molar-refractivity contribution >= 4 is 15.9 Å². The summed E-state index contributed by atoms with van der Waals surface area (Å²) in [5, 5.41) is 10.7. The molecule has 2 aromatic carbocycles. The minimum absolute atomic E-state index is 0.0553. The minimum atomic E-state index is -3.20. The van der Waals surface area contributed by atoms with Gasteiger partial charge in [0, 0.05) is 6.26 Å². The summed E-state index contributed by atoms with van der Waals surface area (Å²) in [6.07, 6.45) is 4.05. The molecule has 0 radical (unpaired) electrons. The van der Waals surface area contributed by atoms with Gasteiger partial charge in [-0.3, -0.25) is 0 Å². The molecule has 0 heterocycles. The van der Waals surface area contributed by atoms with Gasteiger partial charge in [0.15, 0.2) is 9.84 Å². The lowest BCUT2D eigenvalue weighted by molar-refractivity contribution is 0.229. The van der Waals surface area contributed by atoms with Gasteiger partial charge in [-0.05, 0) is 51.1 Å². The molecule has 28 heavy (non-hydrogen) atoms. The second-order valence-corrected chi connectivity index (χ2v) is 11.1. The van der Waals surface area contributed by atoms with Crippen molar-refractivity contribution in [2.24, 2.45) is 5.92 Å². The molecule has 2 unspecified atom stereocenters. The van der Waals surface area contributed by atoms with Crippen molar-refractivity contribution in [3.8, 4) is 0 Å². The van der Waals surface area contributed by atoms with Gasteiger partial charge >= 0.3 is 0 Å². The molecule has 2 atom stereocenters. The molecule has 1 N–H and O–H groups in total. The van der Waals surface area contributed by atoms with E-state index in [0.29, 0.717) is 10.8 Å². The van der Waals surface area contributed by atoms with Crippen molar-refractivity contribution in [1.82, 2.24) is 0 Å². The van der Waals surface area contributed by atoms with Crippen LogP contribution >= 0.6 is 0 Å². The standard InChI is InChI=1S/C24H30O3S/c1-16-23(2,3)20-13-10-18(15-21(20)24(16,4)5)22(25)14-9-17-7-11-19(12-8-17)28(6,26)27/h7-16,22,25H,1-6H3/b14-9+. The van der Waals surface area contributed by atoms with E-state index < -0.39 is 15.9 Å². The second kappa shape index (κ2) is 6.85. The van der Waals surface area contributed by atoms with Crippen LogP contribution in [0.5, 0.6) is 0 Å². The van der Waals surface area contributed by atoms with E-state index in [9.17, 15) is 13.5 Å². The molecule has 0 aliphatic heterocycles. The van der Waals surface area contributed by atoms with Crippen molar-refractivity contribution in [1.29, 1.82) is 0 Å². The van der Waals surface area contributed by atoms with Crippen LogP contribution in [-0.2, 0) is 20.7 Å². The van der Waals surface area contributed by atoms with E-state index in [1.54, 1.807) is 30.3 Å². The van der Waals surface area contributed by atoms with E-state index in [0.717, 1.165) is 11.1 Å². The van der Waals surface area contributed by atoms with E-state index in [1.165, 1.54) is 17.4 Å². The Morgan fingerprint density at radius 1 is 0.964 bits per heavy atom. The maximum atomic E-state index is 11.6. The molecule has 3 nitrogen and oxygen atoms in total. The van der Waals surface area contributed by atoms with Crippen molar-refractivity contribution in [2.75, 3.05) is 6.26 Å². The van der Waals surface area contributed by atoms with E-state index in [1.807, 2.05) is 12.1 Å². The smallest absolute Gasteiger partial charge is 0.175 e. The van der Waals surface area contributed by atoms with Gasteiger partial charge in [0.2, 0.25) is 0 Å². The van der Waals surface area contributed by atoms with Crippen molar-refractivity contribution in [3.63, 3.8) is 0 Å². The Bertz CT molecular complexity index is 1010. The van der Waals surface area contributed by atoms with Crippen LogP contribution in [-0.4, -0.2) is 19.8 Å². The predicted molar refractivity (Wildman–Crippen MR) is 115 cm³/mol. The number of rotatable bonds is 4. The molecular weight excluding hydrogens is 368 g/mol. The molecule has 0 bridgehead atoms. The van der Waals surface area contributed by atoms with Crippen LogP contribution in [0.15, 0.2) is 53.4 Å². The normalized spacial score (nSPS) is 21.6. The average molecular weight is 399 g/mol. The fourth-order valence-corrected chi connectivity index (χ4v) is 4.98. The van der Waals surface area contributed by atoms with Crippen LogP contribution in [0.4, 0.5) is 0 Å². The van der Waals surface area contributed by atoms with Gasteiger partial charge < -0.3 is 5.11 Å². The van der Waals surface area contributed by atoms with Crippen molar-refractivity contribution in [2.45, 2.75) is 56.4 Å². The molecule has 0 saturated heterocycles. The first kappa shape index (κ1) is 20.8. The van der Waals surface area contributed by atoms with E-state index in [2.05, 4.69) is 46.8 Å². The number of aliphatic hydroxyl groups is 1. The summed E-state index contributed by atoms with van der Waals surface area (Å²) in [4.78, 5) is 0.294. The summed E-state index contributed by atoms with van der Waals surface area (Å²) in [6, 6.07) is 13.0. The monoisotopic (exact) mass is 398 g/mol. The third-order valence-corrected chi connectivity index (χ3v) is 7.85. The molecule has 0 fully saturated rings. The van der Waals surface area contributed by atoms with Gasteiger partial charge in [-0.15, -0.1) is 0 Å². The number of hydrogen-bond acceptors (Lipinski definition) is 3. The number of fused-ring (bicyclic) bond motifs is 1. The zero-order valence-corrected chi connectivity index (χ0v) is 18.3. The largest absolute Gasteiger partial charge is 0.384 e. The Morgan fingerprint density at radius 3 is 2.11 bits per heavy atom. The highest BCUT2D eigenvalue weighted by atomic mass is 32.2. The number of hydrogen-bond donors (Lipinski definition) is 1. The Kier molecular flexibility index (Phi) is 5.10. The second-order valence-electron chi connectivity index (χ2n) is 9.12. The van der Waals surface area contributed by atoms with Crippen LogP contribution < -0.4 is 0 Å². The lowest BCUT2D eigenvalue weighted by atomic mass is 9.71. The van der Waals surface area contributed by atoms with Crippen LogP contribution in [0.2, 0.25) is 0 Å². The van der Waals surface area contributed by atoms with Gasteiger partial charge in [-0.2, -0.15) is 0 Å². The lowest BCUT2D eigenvalue weighted by Crippen LogP contribution is -2.30. The van der Waals surface area contributed by atoms with Gasteiger partial charge in [0.25, 0.3) is 0 Å². The average Bonchev–Trinajstić information content (AvgIpc) is 2.77. The van der Waals surface area contributed by atoms with E-state index >= 15 is 0 Å². The highest BCUT2D eigenvalue weighted by molar-refractivity contribution is 7.90. The summed E-state index contributed by atoms with van der Waals surface area (Å²) in [5.41, 5.74) is 4.57. The highest BCUT2D eigenvalue weighted by Crippen LogP contribution is 2.53. The summed E-state index contributed by atoms with van der Waals surface area (Å²) in [7, 11) is -3.20. The molecule has 0 aromatic heterocycles. The first-order valence-corrected chi connectivity index (χ1v) is 11.6.